The summed E-state index contributed by atoms with van der Waals surface area (Å²) in [6, 6.07) is 1.74. The van der Waals surface area contributed by atoms with E-state index in [2.05, 4.69) is 26.1 Å². The highest BCUT2D eigenvalue weighted by molar-refractivity contribution is 5.94. The highest BCUT2D eigenvalue weighted by Crippen LogP contribution is 2.15. The van der Waals surface area contributed by atoms with Crippen molar-refractivity contribution in [3.8, 4) is 0 Å². The first kappa shape index (κ1) is 16.3. The quantitative estimate of drug-likeness (QED) is 0.576. The number of amides is 2. The van der Waals surface area contributed by atoms with Crippen LogP contribution in [0.25, 0.3) is 0 Å². The molecule has 24 heavy (non-hydrogen) atoms. The molecule has 3 rings (SSSR count). The Labute approximate surface area is 139 Å². The Hall–Kier alpha value is -2.61. The number of carbonyl (C=O) groups excluding carboxylic acids is 2. The Balaban J connectivity index is 1.41. The summed E-state index contributed by atoms with van der Waals surface area (Å²) in [4.78, 5) is 24.0. The van der Waals surface area contributed by atoms with Crippen molar-refractivity contribution in [2.75, 3.05) is 19.6 Å². The fourth-order valence-electron chi connectivity index (χ4n) is 2.67. The fraction of sp³-hybridized carbons (Fsp3) is 0.438. The molecule has 0 fully saturated rings. The van der Waals surface area contributed by atoms with Gasteiger partial charge in [-0.25, -0.2) is 0 Å². The molecule has 128 valence electrons. The maximum Gasteiger partial charge on any atom is 0.287 e. The van der Waals surface area contributed by atoms with Crippen LogP contribution in [0.15, 0.2) is 16.7 Å². The molecule has 2 amide bonds. The maximum absolute atomic E-state index is 12.2. The number of H-pyrrole nitrogens is 1. The van der Waals surface area contributed by atoms with E-state index in [1.807, 2.05) is 6.92 Å². The van der Waals surface area contributed by atoms with Gasteiger partial charge in [-0.1, -0.05) is 0 Å². The number of fused-ring (bicyclic) bond motifs is 1. The second-order valence-corrected chi connectivity index (χ2v) is 5.75. The summed E-state index contributed by atoms with van der Waals surface area (Å²) >= 11 is 0. The smallest absolute Gasteiger partial charge is 0.287 e. The number of aryl methyl sites for hydroxylation is 1. The molecule has 2 aromatic heterocycles. The molecule has 3 heterocycles. The van der Waals surface area contributed by atoms with Crippen LogP contribution in [-0.4, -0.2) is 41.6 Å². The fourth-order valence-corrected chi connectivity index (χ4v) is 2.67. The van der Waals surface area contributed by atoms with Crippen LogP contribution in [0.4, 0.5) is 0 Å². The van der Waals surface area contributed by atoms with E-state index < -0.39 is 0 Å². The zero-order valence-corrected chi connectivity index (χ0v) is 13.6. The number of rotatable bonds is 6. The summed E-state index contributed by atoms with van der Waals surface area (Å²) in [7, 11) is 0. The molecule has 2 aromatic rings. The molecule has 0 unspecified atom stereocenters. The minimum absolute atomic E-state index is 0.190. The number of aromatic amines is 1. The van der Waals surface area contributed by atoms with Gasteiger partial charge in [-0.15, -0.1) is 0 Å². The van der Waals surface area contributed by atoms with E-state index in [0.29, 0.717) is 37.5 Å². The number of aromatic nitrogens is 2. The van der Waals surface area contributed by atoms with Crippen LogP contribution in [0.5, 0.6) is 0 Å². The Kier molecular flexibility index (Phi) is 4.95. The second kappa shape index (κ2) is 7.31. The maximum atomic E-state index is 12.2. The average molecular weight is 331 g/mol. The van der Waals surface area contributed by atoms with Gasteiger partial charge < -0.3 is 20.4 Å². The normalized spacial score (nSPS) is 13.4. The highest BCUT2D eigenvalue weighted by atomic mass is 16.3. The summed E-state index contributed by atoms with van der Waals surface area (Å²) in [6.07, 6.45) is 2.97. The summed E-state index contributed by atoms with van der Waals surface area (Å²) in [5, 5.41) is 15.9. The first-order valence-electron chi connectivity index (χ1n) is 8.04. The van der Waals surface area contributed by atoms with Crippen LogP contribution in [0, 0.1) is 6.92 Å². The first-order valence-corrected chi connectivity index (χ1v) is 8.04. The van der Waals surface area contributed by atoms with Gasteiger partial charge in [0, 0.05) is 49.4 Å². The Morgan fingerprint density at radius 3 is 2.83 bits per heavy atom. The van der Waals surface area contributed by atoms with Gasteiger partial charge in [-0.05, 0) is 19.4 Å². The van der Waals surface area contributed by atoms with Crippen LogP contribution in [0.3, 0.4) is 0 Å². The minimum atomic E-state index is -0.240. The van der Waals surface area contributed by atoms with Gasteiger partial charge >= 0.3 is 0 Å². The summed E-state index contributed by atoms with van der Waals surface area (Å²) in [6.45, 7) is 4.29. The van der Waals surface area contributed by atoms with Crippen LogP contribution in [-0.2, 0) is 13.0 Å². The summed E-state index contributed by atoms with van der Waals surface area (Å²) < 4.78 is 5.12. The molecular weight excluding hydrogens is 310 g/mol. The van der Waals surface area contributed by atoms with Gasteiger partial charge in [-0.3, -0.25) is 14.7 Å². The number of nitrogens with zero attached hydrogens (tertiary/aromatic N) is 1. The Morgan fingerprint density at radius 2 is 2.08 bits per heavy atom. The van der Waals surface area contributed by atoms with Gasteiger partial charge in [0.05, 0.1) is 6.26 Å². The third kappa shape index (κ3) is 3.48. The van der Waals surface area contributed by atoms with Crippen molar-refractivity contribution in [3.05, 3.63) is 40.6 Å². The molecule has 1 aliphatic heterocycles. The highest BCUT2D eigenvalue weighted by Gasteiger charge is 2.21. The SMILES string of the molecule is Cc1ccoc1C(=O)NCCCNC(=O)c1n[nH]c2c1CNCC2. The van der Waals surface area contributed by atoms with Crippen molar-refractivity contribution < 1.29 is 14.0 Å². The van der Waals surface area contributed by atoms with Crippen LogP contribution >= 0.6 is 0 Å². The van der Waals surface area contributed by atoms with Crippen molar-refractivity contribution in [2.45, 2.75) is 26.3 Å². The topological polar surface area (TPSA) is 112 Å². The van der Waals surface area contributed by atoms with Gasteiger partial charge in [0.2, 0.25) is 0 Å². The molecule has 8 heteroatoms. The molecule has 0 bridgehead atoms. The number of nitrogens with one attached hydrogen (secondary N) is 4. The Bertz CT molecular complexity index is 734. The Morgan fingerprint density at radius 1 is 1.29 bits per heavy atom. The van der Waals surface area contributed by atoms with E-state index in [1.54, 1.807) is 6.07 Å². The largest absolute Gasteiger partial charge is 0.459 e. The van der Waals surface area contributed by atoms with Crippen LogP contribution < -0.4 is 16.0 Å². The van der Waals surface area contributed by atoms with Crippen molar-refractivity contribution >= 4 is 11.8 Å². The molecule has 1 aliphatic rings. The van der Waals surface area contributed by atoms with Crippen LogP contribution in [0.2, 0.25) is 0 Å². The number of hydrogen-bond donors (Lipinski definition) is 4. The van der Waals surface area contributed by atoms with Gasteiger partial charge in [0.1, 0.15) is 0 Å². The van der Waals surface area contributed by atoms with Gasteiger partial charge in [0.25, 0.3) is 11.8 Å². The lowest BCUT2D eigenvalue weighted by atomic mass is 10.1. The van der Waals surface area contributed by atoms with Crippen LogP contribution in [0.1, 0.15) is 44.3 Å². The molecule has 0 saturated carbocycles. The number of hydrogen-bond acceptors (Lipinski definition) is 5. The van der Waals surface area contributed by atoms with Gasteiger partial charge in [-0.2, -0.15) is 5.10 Å². The molecule has 4 N–H and O–H groups in total. The molecule has 0 spiro atoms. The minimum Gasteiger partial charge on any atom is -0.459 e. The third-order valence-electron chi connectivity index (χ3n) is 4.01. The monoisotopic (exact) mass is 331 g/mol. The van der Waals surface area contributed by atoms with E-state index in [4.69, 9.17) is 4.42 Å². The van der Waals surface area contributed by atoms with Crippen molar-refractivity contribution in [1.29, 1.82) is 0 Å². The van der Waals surface area contributed by atoms with E-state index in [0.717, 1.165) is 29.8 Å². The zero-order chi connectivity index (χ0) is 16.9. The standard InChI is InChI=1S/C16H21N5O3/c1-10-4-8-24-14(10)16(23)19-6-2-5-18-15(22)13-11-9-17-7-3-12(11)20-21-13/h4,8,17H,2-3,5-7,9H2,1H3,(H,18,22)(H,19,23)(H,20,21). The lowest BCUT2D eigenvalue weighted by Gasteiger charge is -2.12. The van der Waals surface area contributed by atoms with Crippen molar-refractivity contribution in [3.63, 3.8) is 0 Å². The molecule has 0 aliphatic carbocycles. The summed E-state index contributed by atoms with van der Waals surface area (Å²) in [5.41, 5.74) is 3.23. The zero-order valence-electron chi connectivity index (χ0n) is 13.6. The molecule has 0 saturated heterocycles. The lowest BCUT2D eigenvalue weighted by Crippen LogP contribution is -2.31. The van der Waals surface area contributed by atoms with E-state index in [-0.39, 0.29) is 11.8 Å². The van der Waals surface area contributed by atoms with E-state index >= 15 is 0 Å². The molecular formula is C16H21N5O3. The average Bonchev–Trinajstić information content (AvgIpc) is 3.20. The number of furan rings is 1. The van der Waals surface area contributed by atoms with Crippen molar-refractivity contribution in [2.24, 2.45) is 0 Å². The van der Waals surface area contributed by atoms with Gasteiger partial charge in [0.15, 0.2) is 11.5 Å². The molecule has 0 radical (unpaired) electrons. The second-order valence-electron chi connectivity index (χ2n) is 5.75. The molecule has 0 atom stereocenters. The molecule has 0 aromatic carbocycles. The number of carbonyl (C=O) groups is 2. The van der Waals surface area contributed by atoms with E-state index in [9.17, 15) is 9.59 Å². The lowest BCUT2D eigenvalue weighted by molar-refractivity contribution is 0.0924. The molecule has 8 nitrogen and oxygen atoms in total. The first-order chi connectivity index (χ1) is 11.7. The predicted octanol–water partition coefficient (Wildman–Crippen LogP) is 0.507. The van der Waals surface area contributed by atoms with Crippen molar-refractivity contribution in [1.82, 2.24) is 26.1 Å². The predicted molar refractivity (Wildman–Crippen MR) is 86.7 cm³/mol. The van der Waals surface area contributed by atoms with E-state index in [1.165, 1.54) is 6.26 Å². The summed E-state index contributed by atoms with van der Waals surface area (Å²) in [5.74, 6) is -0.102. The third-order valence-corrected chi connectivity index (χ3v) is 4.01.